The maximum Gasteiger partial charge on any atom is 0.264 e. The van der Waals surface area contributed by atoms with Gasteiger partial charge in [-0.2, -0.15) is 0 Å². The van der Waals surface area contributed by atoms with E-state index in [1.807, 2.05) is 0 Å². The first-order chi connectivity index (χ1) is 27.9. The predicted molar refractivity (Wildman–Crippen MR) is 218 cm³/mol. The average molecular weight is 852 g/mol. The summed E-state index contributed by atoms with van der Waals surface area (Å²) in [6, 6.07) is 12.1. The van der Waals surface area contributed by atoms with Crippen LogP contribution in [-0.2, 0) is 19.2 Å². The van der Waals surface area contributed by atoms with Gasteiger partial charge in [0.2, 0.25) is 23.6 Å². The second-order valence-electron chi connectivity index (χ2n) is 13.9. The lowest BCUT2D eigenvalue weighted by Crippen LogP contribution is -2.54. The van der Waals surface area contributed by atoms with Gasteiger partial charge in [-0.3, -0.25) is 43.8 Å². The Morgan fingerprint density at radius 1 is 0.810 bits per heavy atom. The second kappa shape index (κ2) is 18.9. The van der Waals surface area contributed by atoms with Crippen LogP contribution in [0.4, 0.5) is 5.69 Å². The Hall–Kier alpha value is -5.44. The SMILES string of the molecule is COc1cc(Cl)c(-c2cc(Cl)ccc2Cl)cc1C(=O)N1CCN(C(=O)/C=C/C(=O)NCCCCCCNc2cccc3c2C(=O)N(C2CCC(=O)NC2=O)C3=O)CC1. The van der Waals surface area contributed by atoms with Crippen LogP contribution in [0.3, 0.4) is 0 Å². The summed E-state index contributed by atoms with van der Waals surface area (Å²) in [6.07, 6.45) is 5.69. The minimum atomic E-state index is -1.03. The Morgan fingerprint density at radius 2 is 1.52 bits per heavy atom. The lowest BCUT2D eigenvalue weighted by molar-refractivity contribution is -0.136. The molecule has 3 aliphatic rings. The predicted octanol–water partition coefficient (Wildman–Crippen LogP) is 5.35. The van der Waals surface area contributed by atoms with E-state index < -0.39 is 35.6 Å². The molecule has 0 bridgehead atoms. The number of nitrogens with zero attached hydrogens (tertiary/aromatic N) is 3. The molecule has 3 aliphatic heterocycles. The third kappa shape index (κ3) is 9.46. The van der Waals surface area contributed by atoms with Gasteiger partial charge in [-0.15, -0.1) is 0 Å². The van der Waals surface area contributed by atoms with Crippen LogP contribution < -0.4 is 20.7 Å². The number of methoxy groups -OCH3 is 1. The first-order valence-electron chi connectivity index (χ1n) is 18.8. The van der Waals surface area contributed by atoms with Gasteiger partial charge in [-0.25, -0.2) is 0 Å². The number of unbranched alkanes of at least 4 members (excludes halogenated alkanes) is 3. The Labute approximate surface area is 349 Å². The molecule has 1 unspecified atom stereocenters. The Kier molecular flexibility index (Phi) is 13.7. The van der Waals surface area contributed by atoms with Crippen LogP contribution in [0.2, 0.25) is 15.1 Å². The molecular formula is C41H41Cl3N6O8. The van der Waals surface area contributed by atoms with Crippen LogP contribution in [0, 0.1) is 0 Å². The highest BCUT2D eigenvalue weighted by Gasteiger charge is 2.45. The molecule has 0 saturated carbocycles. The number of benzene rings is 3. The van der Waals surface area contributed by atoms with Crippen molar-refractivity contribution in [2.75, 3.05) is 51.7 Å². The van der Waals surface area contributed by atoms with E-state index in [0.717, 1.165) is 24.2 Å². The van der Waals surface area contributed by atoms with Crippen molar-refractivity contribution in [3.63, 3.8) is 0 Å². The molecule has 6 rings (SSSR count). The Bertz CT molecular complexity index is 2190. The summed E-state index contributed by atoms with van der Waals surface area (Å²) >= 11 is 19.2. The highest BCUT2D eigenvalue weighted by Crippen LogP contribution is 2.39. The van der Waals surface area contributed by atoms with E-state index in [2.05, 4.69) is 16.0 Å². The van der Waals surface area contributed by atoms with Gasteiger partial charge in [-0.1, -0.05) is 53.7 Å². The molecule has 0 aromatic heterocycles. The minimum absolute atomic E-state index is 0.0503. The number of anilines is 1. The number of nitrogens with one attached hydrogen (secondary N) is 3. The van der Waals surface area contributed by atoms with Crippen molar-refractivity contribution in [1.82, 2.24) is 25.3 Å². The number of carbonyl (C=O) groups excluding carboxylic acids is 7. The van der Waals surface area contributed by atoms with E-state index in [9.17, 15) is 33.6 Å². The molecule has 304 valence electrons. The molecule has 2 fully saturated rings. The summed E-state index contributed by atoms with van der Waals surface area (Å²) in [5, 5.41) is 9.43. The molecule has 0 aliphatic carbocycles. The van der Waals surface area contributed by atoms with Crippen LogP contribution in [0.1, 0.15) is 69.6 Å². The molecule has 3 aromatic rings. The molecule has 1 atom stereocenters. The number of carbonyl (C=O) groups is 7. The summed E-state index contributed by atoms with van der Waals surface area (Å²) in [4.78, 5) is 93.3. The molecule has 17 heteroatoms. The monoisotopic (exact) mass is 850 g/mol. The number of ether oxygens (including phenoxy) is 1. The van der Waals surface area contributed by atoms with Crippen LogP contribution in [0.5, 0.6) is 5.75 Å². The number of amides is 7. The van der Waals surface area contributed by atoms with Gasteiger partial charge in [0.25, 0.3) is 17.7 Å². The maximum atomic E-state index is 13.6. The first-order valence-corrected chi connectivity index (χ1v) is 20.0. The molecule has 2 saturated heterocycles. The lowest BCUT2D eigenvalue weighted by Gasteiger charge is -2.34. The van der Waals surface area contributed by atoms with Crippen molar-refractivity contribution in [3.8, 4) is 16.9 Å². The first kappa shape index (κ1) is 42.2. The molecule has 14 nitrogen and oxygen atoms in total. The lowest BCUT2D eigenvalue weighted by atomic mass is 10.0. The van der Waals surface area contributed by atoms with E-state index in [-0.39, 0.29) is 62.0 Å². The molecular weight excluding hydrogens is 811 g/mol. The van der Waals surface area contributed by atoms with Crippen LogP contribution in [-0.4, -0.2) is 108 Å². The smallest absolute Gasteiger partial charge is 0.264 e. The normalized spacial score (nSPS) is 16.8. The van der Waals surface area contributed by atoms with E-state index in [1.54, 1.807) is 58.3 Å². The molecule has 7 amide bonds. The summed E-state index contributed by atoms with van der Waals surface area (Å²) in [5.74, 6) is -2.92. The zero-order valence-electron chi connectivity index (χ0n) is 31.6. The Balaban J connectivity index is 0.891. The van der Waals surface area contributed by atoms with Gasteiger partial charge >= 0.3 is 0 Å². The summed E-state index contributed by atoms with van der Waals surface area (Å²) < 4.78 is 5.47. The van der Waals surface area contributed by atoms with Gasteiger partial charge in [0.1, 0.15) is 11.8 Å². The van der Waals surface area contributed by atoms with Crippen molar-refractivity contribution in [1.29, 1.82) is 0 Å². The fraction of sp³-hybridized carbons (Fsp3) is 0.341. The number of rotatable bonds is 14. The summed E-state index contributed by atoms with van der Waals surface area (Å²) in [7, 11) is 1.45. The quantitative estimate of drug-likeness (QED) is 0.110. The van der Waals surface area contributed by atoms with Gasteiger partial charge in [-0.05, 0) is 55.7 Å². The minimum Gasteiger partial charge on any atom is -0.496 e. The third-order valence-corrected chi connectivity index (χ3v) is 11.1. The molecule has 3 aromatic carbocycles. The van der Waals surface area contributed by atoms with Crippen LogP contribution in [0.15, 0.2) is 60.7 Å². The topological polar surface area (TPSA) is 175 Å². The number of halogens is 3. The van der Waals surface area contributed by atoms with Crippen molar-refractivity contribution in [2.24, 2.45) is 0 Å². The number of piperidine rings is 1. The zero-order chi connectivity index (χ0) is 41.5. The highest BCUT2D eigenvalue weighted by molar-refractivity contribution is 6.38. The standard InChI is InChI=1S/C41H41Cl3N6O8/c1-58-33-23-30(44)27(26-21-24(42)9-10-29(26)43)22-28(33)39(55)49-19-17-48(18-20-49)36(53)14-13-34(51)46-16-5-3-2-4-15-45-31-8-6-7-25-37(31)41(57)50(40(25)56)32-11-12-35(52)47-38(32)54/h6-10,13-14,21-23,32,45H,2-5,11-12,15-20H2,1H3,(H,46,51)(H,47,52,54)/b14-13+. The van der Waals surface area contributed by atoms with Gasteiger partial charge < -0.3 is 25.2 Å². The summed E-state index contributed by atoms with van der Waals surface area (Å²) in [6.45, 7) is 2.04. The number of piperazine rings is 1. The highest BCUT2D eigenvalue weighted by atomic mass is 35.5. The number of imide groups is 2. The molecule has 58 heavy (non-hydrogen) atoms. The van der Waals surface area contributed by atoms with Crippen LogP contribution >= 0.6 is 34.8 Å². The van der Waals surface area contributed by atoms with Crippen molar-refractivity contribution < 1.29 is 38.3 Å². The van der Waals surface area contributed by atoms with Gasteiger partial charge in [0, 0.05) is 90.8 Å². The maximum absolute atomic E-state index is 13.6. The van der Waals surface area contributed by atoms with Crippen LogP contribution in [0.25, 0.3) is 11.1 Å². The van der Waals surface area contributed by atoms with Crippen molar-refractivity contribution in [3.05, 3.63) is 92.4 Å². The molecule has 3 heterocycles. The number of hydrogen-bond donors (Lipinski definition) is 3. The van der Waals surface area contributed by atoms with Gasteiger partial charge in [0.15, 0.2) is 0 Å². The van der Waals surface area contributed by atoms with Crippen molar-refractivity contribution in [2.45, 2.75) is 44.6 Å². The van der Waals surface area contributed by atoms with Gasteiger partial charge in [0.05, 0.1) is 28.8 Å². The fourth-order valence-corrected chi connectivity index (χ4v) is 7.76. The zero-order valence-corrected chi connectivity index (χ0v) is 33.8. The van der Waals surface area contributed by atoms with E-state index in [0.29, 0.717) is 62.7 Å². The fourth-order valence-electron chi connectivity index (χ4n) is 7.11. The summed E-state index contributed by atoms with van der Waals surface area (Å²) in [5.41, 5.74) is 2.33. The number of fused-ring (bicyclic) bond motifs is 1. The van der Waals surface area contributed by atoms with E-state index in [4.69, 9.17) is 39.5 Å². The van der Waals surface area contributed by atoms with E-state index >= 15 is 0 Å². The van der Waals surface area contributed by atoms with E-state index in [1.165, 1.54) is 19.3 Å². The average Bonchev–Trinajstić information content (AvgIpc) is 3.47. The third-order valence-electron chi connectivity index (χ3n) is 10.2. The molecule has 0 spiro atoms. The molecule has 3 N–H and O–H groups in total. The largest absolute Gasteiger partial charge is 0.496 e. The van der Waals surface area contributed by atoms with Crippen molar-refractivity contribution >= 4 is 81.8 Å². The number of hydrogen-bond acceptors (Lipinski definition) is 9. The Morgan fingerprint density at radius 3 is 2.24 bits per heavy atom. The second-order valence-corrected chi connectivity index (χ2v) is 15.2. The molecule has 0 radical (unpaired) electrons.